The van der Waals surface area contributed by atoms with Crippen LogP contribution in [0, 0.1) is 10.6 Å². The zero-order valence-electron chi connectivity index (χ0n) is 14.6. The molecule has 9 heteroatoms. The van der Waals surface area contributed by atoms with Gasteiger partial charge in [0.2, 0.25) is 5.09 Å². The van der Waals surface area contributed by atoms with Crippen LogP contribution in [-0.2, 0) is 42.2 Å². The van der Waals surface area contributed by atoms with Crippen molar-refractivity contribution < 1.29 is 22.9 Å². The third kappa shape index (κ3) is 3.10. The molecular formula is C18H20FN3O4S. The Balaban J connectivity index is 1.61. The van der Waals surface area contributed by atoms with Crippen molar-refractivity contribution in [3.8, 4) is 0 Å². The number of fused-ring (bicyclic) bond motifs is 2. The van der Waals surface area contributed by atoms with Gasteiger partial charge in [-0.15, -0.1) is 0 Å². The highest BCUT2D eigenvalue weighted by Gasteiger charge is 2.30. The molecule has 0 bridgehead atoms. The summed E-state index contributed by atoms with van der Waals surface area (Å²) in [6, 6.07) is 0.467. The van der Waals surface area contributed by atoms with E-state index in [4.69, 9.17) is 14.3 Å². The molecule has 0 fully saturated rings. The second kappa shape index (κ2) is 6.65. The zero-order chi connectivity index (χ0) is 19.2. The fourth-order valence-corrected chi connectivity index (χ4v) is 4.86. The Kier molecular flexibility index (Phi) is 4.43. The smallest absolute Gasteiger partial charge is 0.332 e. The Morgan fingerprint density at radius 2 is 1.78 bits per heavy atom. The van der Waals surface area contributed by atoms with Crippen LogP contribution in [0.1, 0.15) is 40.7 Å². The van der Waals surface area contributed by atoms with Crippen LogP contribution in [-0.4, -0.2) is 15.3 Å². The monoisotopic (exact) mass is 393 g/mol. The predicted molar refractivity (Wildman–Crippen MR) is 96.4 cm³/mol. The van der Waals surface area contributed by atoms with Gasteiger partial charge in [-0.3, -0.25) is 0 Å². The molecule has 0 spiro atoms. The van der Waals surface area contributed by atoms with Crippen LogP contribution in [0.2, 0.25) is 0 Å². The number of carbonyl (C=O) groups excluding carboxylic acids is 1. The lowest BCUT2D eigenvalue weighted by atomic mass is 9.98. The molecule has 1 aromatic carbocycles. The van der Waals surface area contributed by atoms with Crippen LogP contribution in [0.25, 0.3) is 0 Å². The first-order valence-electron chi connectivity index (χ1n) is 8.81. The fraction of sp³-hybridized carbons (Fsp3) is 0.389. The van der Waals surface area contributed by atoms with Crippen molar-refractivity contribution >= 4 is 21.6 Å². The molecule has 1 atom stereocenters. The predicted octanol–water partition coefficient (Wildman–Crippen LogP) is 3.03. The summed E-state index contributed by atoms with van der Waals surface area (Å²) in [5.74, 6) is -0.141. The zero-order valence-corrected chi connectivity index (χ0v) is 15.4. The summed E-state index contributed by atoms with van der Waals surface area (Å²) in [4.78, 5) is 12.5. The third-order valence-corrected chi connectivity index (χ3v) is 6.39. The van der Waals surface area contributed by atoms with Gasteiger partial charge in [-0.2, -0.15) is 0 Å². The number of urea groups is 1. The number of benzene rings is 1. The van der Waals surface area contributed by atoms with E-state index in [2.05, 4.69) is 10.0 Å². The molecule has 27 heavy (non-hydrogen) atoms. The number of halogens is 1. The number of amides is 2. The number of hydrogen-bond donors (Lipinski definition) is 4. The number of aliphatic hydroxyl groups is 1. The van der Waals surface area contributed by atoms with Crippen LogP contribution < -0.4 is 10.0 Å². The topological polar surface area (TPSA) is 115 Å². The van der Waals surface area contributed by atoms with E-state index in [9.17, 15) is 13.4 Å². The lowest BCUT2D eigenvalue weighted by Crippen LogP contribution is -2.34. The van der Waals surface area contributed by atoms with E-state index in [1.54, 1.807) is 0 Å². The Morgan fingerprint density at radius 3 is 2.33 bits per heavy atom. The molecule has 2 aromatic rings. The highest BCUT2D eigenvalue weighted by atomic mass is 32.2. The molecule has 1 aromatic heterocycles. The molecule has 0 aliphatic heterocycles. The van der Waals surface area contributed by atoms with E-state index in [1.807, 2.05) is 0 Å². The third-order valence-electron chi connectivity index (χ3n) is 5.14. The van der Waals surface area contributed by atoms with Crippen molar-refractivity contribution in [2.75, 3.05) is 5.32 Å². The van der Waals surface area contributed by atoms with Crippen LogP contribution in [0.5, 0.6) is 0 Å². The van der Waals surface area contributed by atoms with Gasteiger partial charge < -0.3 is 14.8 Å². The fourth-order valence-electron chi connectivity index (χ4n) is 3.95. The number of aliphatic hydroxyl groups excluding tert-OH is 1. The van der Waals surface area contributed by atoms with Crippen LogP contribution in [0.4, 0.5) is 14.9 Å². The van der Waals surface area contributed by atoms with Crippen molar-refractivity contribution in [2.45, 2.75) is 50.2 Å². The number of nitrogens with one attached hydrogen (secondary N) is 3. The number of anilines is 1. The van der Waals surface area contributed by atoms with Crippen molar-refractivity contribution in [3.05, 3.63) is 46.0 Å². The van der Waals surface area contributed by atoms with Crippen LogP contribution in [0.15, 0.2) is 21.8 Å². The summed E-state index contributed by atoms with van der Waals surface area (Å²) in [6.45, 7) is -0.320. The van der Waals surface area contributed by atoms with Gasteiger partial charge in [0.15, 0.2) is 9.92 Å². The van der Waals surface area contributed by atoms with E-state index in [0.29, 0.717) is 48.1 Å². The summed E-state index contributed by atoms with van der Waals surface area (Å²) in [5.41, 5.74) is 3.90. The van der Waals surface area contributed by atoms with Gasteiger partial charge in [-0.1, -0.05) is 0 Å². The normalized spacial score (nSPS) is 17.3. The first-order valence-corrected chi connectivity index (χ1v) is 10.4. The molecule has 7 nitrogen and oxygen atoms in total. The van der Waals surface area contributed by atoms with Gasteiger partial charge in [0, 0.05) is 17.3 Å². The minimum Gasteiger partial charge on any atom is -0.452 e. The van der Waals surface area contributed by atoms with Crippen molar-refractivity contribution in [2.24, 2.45) is 0 Å². The second-order valence-corrected chi connectivity index (χ2v) is 8.57. The first kappa shape index (κ1) is 18.0. The minimum absolute atomic E-state index is 0.141. The highest BCUT2D eigenvalue weighted by Crippen LogP contribution is 2.40. The van der Waals surface area contributed by atoms with Crippen LogP contribution in [0.3, 0.4) is 0 Å². The van der Waals surface area contributed by atoms with Gasteiger partial charge >= 0.3 is 6.03 Å². The maximum absolute atomic E-state index is 14.7. The standard InChI is InChI=1S/C18H20FN3O4S/c19-16-11-3-1-5-13(11)17(14-6-2-4-12(14)16)21-18(24)22-27(20,25)15-7-10(8-23)9-26-15/h7,9,23H,1-6,8H2,(H3,20,21,22,24,25). The summed E-state index contributed by atoms with van der Waals surface area (Å²) in [6.07, 6.45) is 5.51. The van der Waals surface area contributed by atoms with E-state index in [-0.39, 0.29) is 17.5 Å². The lowest BCUT2D eigenvalue weighted by Gasteiger charge is -2.17. The molecular weight excluding hydrogens is 373 g/mol. The Hall–Kier alpha value is -2.39. The molecule has 0 saturated carbocycles. The van der Waals surface area contributed by atoms with Gasteiger partial charge in [-0.05, 0) is 60.8 Å². The van der Waals surface area contributed by atoms with E-state index in [1.165, 1.54) is 12.3 Å². The van der Waals surface area contributed by atoms with Crippen LogP contribution >= 0.6 is 0 Å². The molecule has 4 N–H and O–H groups in total. The maximum atomic E-state index is 14.7. The van der Waals surface area contributed by atoms with E-state index >= 15 is 0 Å². The molecule has 1 heterocycles. The van der Waals surface area contributed by atoms with Gasteiger partial charge in [0.25, 0.3) is 0 Å². The Morgan fingerprint density at radius 1 is 1.19 bits per heavy atom. The maximum Gasteiger partial charge on any atom is 0.332 e. The molecule has 0 saturated heterocycles. The average molecular weight is 393 g/mol. The number of hydrogen-bond acceptors (Lipinski definition) is 5. The Labute approximate surface area is 156 Å². The quantitative estimate of drug-likeness (QED) is 0.639. The summed E-state index contributed by atoms with van der Waals surface area (Å²) >= 11 is 0. The molecule has 0 radical (unpaired) electrons. The molecule has 2 amide bonds. The molecule has 2 aliphatic rings. The van der Waals surface area contributed by atoms with Gasteiger partial charge in [0.1, 0.15) is 5.82 Å². The highest BCUT2D eigenvalue weighted by molar-refractivity contribution is 7.91. The number of carbonyl (C=O) groups is 1. The second-order valence-electron chi connectivity index (χ2n) is 6.85. The summed E-state index contributed by atoms with van der Waals surface area (Å²) in [7, 11) is -3.72. The largest absolute Gasteiger partial charge is 0.452 e. The van der Waals surface area contributed by atoms with Crippen molar-refractivity contribution in [1.29, 1.82) is 4.78 Å². The number of furan rings is 1. The first-order chi connectivity index (χ1) is 12.9. The van der Waals surface area contributed by atoms with Crippen molar-refractivity contribution in [3.63, 3.8) is 0 Å². The summed E-state index contributed by atoms with van der Waals surface area (Å²) in [5, 5.41) is 11.5. The van der Waals surface area contributed by atoms with E-state index in [0.717, 1.165) is 24.0 Å². The molecule has 2 aliphatic carbocycles. The molecule has 144 valence electrons. The summed E-state index contributed by atoms with van der Waals surface area (Å²) < 4.78 is 42.2. The molecule has 1 unspecified atom stereocenters. The minimum atomic E-state index is -3.72. The van der Waals surface area contributed by atoms with Crippen molar-refractivity contribution in [1.82, 2.24) is 4.72 Å². The Bertz CT molecular complexity index is 994. The molecule has 4 rings (SSSR count). The SMILES string of the molecule is N=S(=O)(NC(=O)Nc1c2c(c(F)c3c1CCC3)CCC2)c1cc(CO)co1. The lowest BCUT2D eigenvalue weighted by molar-refractivity contribution is 0.256. The number of rotatable bonds is 4. The van der Waals surface area contributed by atoms with Gasteiger partial charge in [-0.25, -0.2) is 22.9 Å². The van der Waals surface area contributed by atoms with Gasteiger partial charge in [0.05, 0.1) is 12.9 Å². The average Bonchev–Trinajstić information content (AvgIpc) is 3.38. The van der Waals surface area contributed by atoms with E-state index < -0.39 is 15.9 Å².